The SMILES string of the molecule is Fc1ccccc1OCCNc1cccc(Cl)c1-n1cccn1. The largest absolute Gasteiger partial charge is 0.489 e. The highest BCUT2D eigenvalue weighted by Gasteiger charge is 2.09. The number of para-hydroxylation sites is 2. The highest BCUT2D eigenvalue weighted by molar-refractivity contribution is 6.33. The Morgan fingerprint density at radius 2 is 2.00 bits per heavy atom. The van der Waals surface area contributed by atoms with E-state index in [4.69, 9.17) is 16.3 Å². The fraction of sp³-hybridized carbons (Fsp3) is 0.118. The Morgan fingerprint density at radius 1 is 1.13 bits per heavy atom. The molecule has 0 saturated carbocycles. The van der Waals surface area contributed by atoms with Crippen LogP contribution < -0.4 is 10.1 Å². The van der Waals surface area contributed by atoms with Crippen LogP contribution in [0.5, 0.6) is 5.75 Å². The van der Waals surface area contributed by atoms with Gasteiger partial charge >= 0.3 is 0 Å². The van der Waals surface area contributed by atoms with Gasteiger partial charge in [-0.3, -0.25) is 0 Å². The number of halogens is 2. The highest BCUT2D eigenvalue weighted by atomic mass is 35.5. The van der Waals surface area contributed by atoms with Crippen LogP contribution in [0.1, 0.15) is 0 Å². The number of hydrogen-bond acceptors (Lipinski definition) is 3. The van der Waals surface area contributed by atoms with Crippen LogP contribution in [0.4, 0.5) is 10.1 Å². The Bertz CT molecular complexity index is 777. The molecule has 0 aliphatic rings. The molecule has 0 fully saturated rings. The number of nitrogens with zero attached hydrogens (tertiary/aromatic N) is 2. The summed E-state index contributed by atoms with van der Waals surface area (Å²) in [6.07, 6.45) is 3.51. The molecule has 0 radical (unpaired) electrons. The van der Waals surface area contributed by atoms with Gasteiger partial charge < -0.3 is 10.1 Å². The van der Waals surface area contributed by atoms with Crippen molar-refractivity contribution in [1.82, 2.24) is 9.78 Å². The van der Waals surface area contributed by atoms with Gasteiger partial charge in [0.25, 0.3) is 0 Å². The maximum Gasteiger partial charge on any atom is 0.165 e. The van der Waals surface area contributed by atoms with E-state index in [9.17, 15) is 4.39 Å². The zero-order valence-corrected chi connectivity index (χ0v) is 13.0. The first-order chi connectivity index (χ1) is 11.3. The summed E-state index contributed by atoms with van der Waals surface area (Å²) in [5.74, 6) is -0.125. The molecule has 0 unspecified atom stereocenters. The highest BCUT2D eigenvalue weighted by Crippen LogP contribution is 2.27. The first-order valence-corrected chi connectivity index (χ1v) is 7.53. The van der Waals surface area contributed by atoms with Gasteiger partial charge in [-0.25, -0.2) is 9.07 Å². The van der Waals surface area contributed by atoms with E-state index < -0.39 is 0 Å². The summed E-state index contributed by atoms with van der Waals surface area (Å²) in [5, 5.41) is 8.04. The predicted octanol–water partition coefficient (Wildman–Crippen LogP) is 4.16. The van der Waals surface area contributed by atoms with Gasteiger partial charge in [0.15, 0.2) is 11.6 Å². The van der Waals surface area contributed by atoms with Crippen molar-refractivity contribution >= 4 is 17.3 Å². The van der Waals surface area contributed by atoms with Gasteiger partial charge in [0, 0.05) is 18.9 Å². The van der Waals surface area contributed by atoms with E-state index >= 15 is 0 Å². The predicted molar refractivity (Wildman–Crippen MR) is 89.0 cm³/mol. The molecule has 0 aliphatic heterocycles. The molecule has 0 amide bonds. The maximum atomic E-state index is 13.5. The number of nitrogens with one attached hydrogen (secondary N) is 1. The van der Waals surface area contributed by atoms with Crippen LogP contribution >= 0.6 is 11.6 Å². The molecular weight excluding hydrogens is 317 g/mol. The quantitative estimate of drug-likeness (QED) is 0.689. The van der Waals surface area contributed by atoms with Crippen LogP contribution in [0.3, 0.4) is 0 Å². The van der Waals surface area contributed by atoms with Crippen LogP contribution in [-0.2, 0) is 0 Å². The standard InChI is InChI=1S/C17H15ClFN3O/c18-13-5-3-7-15(17(13)22-11-4-9-21-22)20-10-12-23-16-8-2-1-6-14(16)19/h1-9,11,20H,10,12H2. The molecule has 0 spiro atoms. The third-order valence-corrected chi connectivity index (χ3v) is 3.54. The van der Waals surface area contributed by atoms with E-state index in [2.05, 4.69) is 10.4 Å². The Hall–Kier alpha value is -2.53. The molecule has 0 aliphatic carbocycles. The van der Waals surface area contributed by atoms with Crippen molar-refractivity contribution in [2.45, 2.75) is 0 Å². The summed E-state index contributed by atoms with van der Waals surface area (Å²) in [4.78, 5) is 0. The topological polar surface area (TPSA) is 39.1 Å². The molecule has 1 N–H and O–H groups in total. The van der Waals surface area contributed by atoms with Crippen molar-refractivity contribution in [3.8, 4) is 11.4 Å². The van der Waals surface area contributed by atoms with Crippen LogP contribution in [0.2, 0.25) is 5.02 Å². The molecule has 118 valence electrons. The van der Waals surface area contributed by atoms with E-state index in [-0.39, 0.29) is 11.6 Å². The molecule has 6 heteroatoms. The fourth-order valence-corrected chi connectivity index (χ4v) is 2.46. The molecule has 0 atom stereocenters. The van der Waals surface area contributed by atoms with Gasteiger partial charge in [-0.1, -0.05) is 29.8 Å². The molecule has 1 heterocycles. The number of benzene rings is 2. The normalized spacial score (nSPS) is 10.5. The lowest BCUT2D eigenvalue weighted by molar-refractivity contribution is 0.315. The average Bonchev–Trinajstić information content (AvgIpc) is 3.07. The monoisotopic (exact) mass is 331 g/mol. The van der Waals surface area contributed by atoms with Crippen molar-refractivity contribution in [2.24, 2.45) is 0 Å². The number of aromatic nitrogens is 2. The second kappa shape index (κ2) is 7.15. The molecule has 0 saturated heterocycles. The van der Waals surface area contributed by atoms with Crippen molar-refractivity contribution in [2.75, 3.05) is 18.5 Å². The third-order valence-electron chi connectivity index (χ3n) is 3.23. The minimum atomic E-state index is -0.368. The van der Waals surface area contributed by atoms with Gasteiger partial charge in [-0.05, 0) is 30.3 Å². The van der Waals surface area contributed by atoms with Crippen molar-refractivity contribution < 1.29 is 9.13 Å². The van der Waals surface area contributed by atoms with E-state index in [0.29, 0.717) is 18.2 Å². The zero-order valence-electron chi connectivity index (χ0n) is 12.2. The molecule has 4 nitrogen and oxygen atoms in total. The molecule has 0 bridgehead atoms. The Morgan fingerprint density at radius 3 is 2.78 bits per heavy atom. The van der Waals surface area contributed by atoms with Gasteiger partial charge in [0.05, 0.1) is 10.7 Å². The van der Waals surface area contributed by atoms with E-state index in [0.717, 1.165) is 11.4 Å². The fourth-order valence-electron chi connectivity index (χ4n) is 2.20. The Balaban J connectivity index is 1.65. The number of hydrogen-bond donors (Lipinski definition) is 1. The van der Waals surface area contributed by atoms with E-state index in [1.165, 1.54) is 6.07 Å². The summed E-state index contributed by atoms with van der Waals surface area (Å²) < 4.78 is 20.6. The number of anilines is 1. The third kappa shape index (κ3) is 3.63. The zero-order chi connectivity index (χ0) is 16.1. The van der Waals surface area contributed by atoms with Gasteiger partial charge in [0.2, 0.25) is 0 Å². The van der Waals surface area contributed by atoms with E-state index in [1.807, 2.05) is 24.4 Å². The first-order valence-electron chi connectivity index (χ1n) is 7.15. The lowest BCUT2D eigenvalue weighted by atomic mass is 10.2. The summed E-state index contributed by atoms with van der Waals surface area (Å²) in [6.45, 7) is 0.828. The number of rotatable bonds is 6. The molecule has 23 heavy (non-hydrogen) atoms. The minimum absolute atomic E-state index is 0.243. The maximum absolute atomic E-state index is 13.5. The van der Waals surface area contributed by atoms with Gasteiger partial charge in [-0.2, -0.15) is 5.10 Å². The molecule has 3 aromatic rings. The Labute approximate surface area is 138 Å². The lowest BCUT2D eigenvalue weighted by Gasteiger charge is -2.14. The second-order valence-electron chi connectivity index (χ2n) is 4.79. The summed E-state index contributed by atoms with van der Waals surface area (Å²) in [7, 11) is 0. The second-order valence-corrected chi connectivity index (χ2v) is 5.20. The van der Waals surface area contributed by atoms with Crippen molar-refractivity contribution in [3.63, 3.8) is 0 Å². The van der Waals surface area contributed by atoms with Crippen molar-refractivity contribution in [3.05, 3.63) is 71.8 Å². The van der Waals surface area contributed by atoms with Crippen LogP contribution in [-0.4, -0.2) is 22.9 Å². The molecule has 2 aromatic carbocycles. The summed E-state index contributed by atoms with van der Waals surface area (Å²) in [6, 6.07) is 13.7. The van der Waals surface area contributed by atoms with E-state index in [1.54, 1.807) is 35.1 Å². The summed E-state index contributed by atoms with van der Waals surface area (Å²) >= 11 is 6.27. The van der Waals surface area contributed by atoms with Crippen LogP contribution in [0.25, 0.3) is 5.69 Å². The Kier molecular flexibility index (Phi) is 4.78. The smallest absolute Gasteiger partial charge is 0.165 e. The van der Waals surface area contributed by atoms with Crippen LogP contribution in [0, 0.1) is 5.82 Å². The molecule has 3 rings (SSSR count). The lowest BCUT2D eigenvalue weighted by Crippen LogP contribution is -2.14. The first kappa shape index (κ1) is 15.4. The minimum Gasteiger partial charge on any atom is -0.489 e. The average molecular weight is 332 g/mol. The van der Waals surface area contributed by atoms with Crippen LogP contribution in [0.15, 0.2) is 60.9 Å². The van der Waals surface area contributed by atoms with Gasteiger partial charge in [-0.15, -0.1) is 0 Å². The van der Waals surface area contributed by atoms with Gasteiger partial charge in [0.1, 0.15) is 12.3 Å². The molecule has 1 aromatic heterocycles. The van der Waals surface area contributed by atoms with Crippen molar-refractivity contribution in [1.29, 1.82) is 0 Å². The number of ether oxygens (including phenoxy) is 1. The molecular formula is C17H15ClFN3O. The summed E-state index contributed by atoms with van der Waals surface area (Å²) in [5.41, 5.74) is 1.60.